The van der Waals surface area contributed by atoms with Crippen molar-refractivity contribution in [2.45, 2.75) is 13.8 Å². The van der Waals surface area contributed by atoms with Gasteiger partial charge < -0.3 is 14.7 Å². The summed E-state index contributed by atoms with van der Waals surface area (Å²) in [7, 11) is 0. The Kier molecular flexibility index (Phi) is 5.39. The van der Waals surface area contributed by atoms with Gasteiger partial charge in [0.1, 0.15) is 0 Å². The van der Waals surface area contributed by atoms with E-state index in [4.69, 9.17) is 0 Å². The molecule has 1 aromatic rings. The van der Waals surface area contributed by atoms with E-state index in [1.54, 1.807) is 13.8 Å². The van der Waals surface area contributed by atoms with Gasteiger partial charge in [0.2, 0.25) is 0 Å². The van der Waals surface area contributed by atoms with Gasteiger partial charge in [-0.25, -0.2) is 9.59 Å². The Hall–Kier alpha value is -2.51. The lowest BCUT2D eigenvalue weighted by Gasteiger charge is -2.08. The first-order valence-electron chi connectivity index (χ1n) is 5.65. The minimum absolute atomic E-state index is 0.0176. The van der Waals surface area contributed by atoms with Crippen LogP contribution in [-0.4, -0.2) is 35.3 Å². The van der Waals surface area contributed by atoms with Gasteiger partial charge in [0.25, 0.3) is 0 Å². The Bertz CT molecular complexity index is 523. The van der Waals surface area contributed by atoms with Crippen molar-refractivity contribution in [3.8, 4) is 0 Å². The summed E-state index contributed by atoms with van der Waals surface area (Å²) in [5.74, 6) is 0.0176. The van der Waals surface area contributed by atoms with Crippen LogP contribution in [0.4, 0.5) is 15.4 Å². The molecule has 2 amide bonds. The van der Waals surface area contributed by atoms with Crippen molar-refractivity contribution in [2.75, 3.05) is 18.5 Å². The van der Waals surface area contributed by atoms with E-state index in [0.29, 0.717) is 4.73 Å². The van der Waals surface area contributed by atoms with Crippen LogP contribution in [-0.2, 0) is 9.47 Å². The summed E-state index contributed by atoms with van der Waals surface area (Å²) in [5, 5.41) is 12.1. The molecule has 0 radical (unpaired) electrons. The summed E-state index contributed by atoms with van der Waals surface area (Å²) in [6.45, 7) is 3.66. The zero-order valence-electron chi connectivity index (χ0n) is 10.6. The van der Waals surface area contributed by atoms with E-state index in [2.05, 4.69) is 19.8 Å². The minimum atomic E-state index is -0.835. The molecule has 0 saturated carbocycles. The first-order valence-corrected chi connectivity index (χ1v) is 5.65. The number of nitrogens with zero attached hydrogens (tertiary/aromatic N) is 2. The molecule has 1 aromatic heterocycles. The predicted molar refractivity (Wildman–Crippen MR) is 64.8 cm³/mol. The topological polar surface area (TPSA) is 102 Å². The van der Waals surface area contributed by atoms with Crippen molar-refractivity contribution in [1.29, 1.82) is 0 Å². The van der Waals surface area contributed by atoms with Crippen molar-refractivity contribution in [3.63, 3.8) is 0 Å². The van der Waals surface area contributed by atoms with E-state index in [1.165, 1.54) is 18.2 Å². The molecular formula is C11H15N3O5. The van der Waals surface area contributed by atoms with E-state index in [0.717, 1.165) is 0 Å². The first-order chi connectivity index (χ1) is 9.08. The molecule has 0 unspecified atom stereocenters. The highest BCUT2D eigenvalue weighted by atomic mass is 16.6. The fourth-order valence-corrected chi connectivity index (χ4v) is 1.19. The molecule has 104 valence electrons. The van der Waals surface area contributed by atoms with Crippen molar-refractivity contribution >= 4 is 18.0 Å². The van der Waals surface area contributed by atoms with E-state index in [1.807, 2.05) is 0 Å². The second kappa shape index (κ2) is 7.04. The molecule has 0 saturated heterocycles. The highest BCUT2D eigenvalue weighted by Crippen LogP contribution is 2.02. The average Bonchev–Trinajstić information content (AvgIpc) is 2.35. The lowest BCUT2D eigenvalue weighted by molar-refractivity contribution is 0.153. The van der Waals surface area contributed by atoms with E-state index in [-0.39, 0.29) is 24.5 Å². The van der Waals surface area contributed by atoms with Crippen molar-refractivity contribution in [3.05, 3.63) is 23.7 Å². The Morgan fingerprint density at radius 1 is 1.32 bits per heavy atom. The molecule has 2 N–H and O–H groups in total. The Balaban J connectivity index is 2.98. The lowest BCUT2D eigenvalue weighted by atomic mass is 10.4. The normalized spacial score (nSPS) is 10.9. The van der Waals surface area contributed by atoms with Gasteiger partial charge in [0, 0.05) is 0 Å². The van der Waals surface area contributed by atoms with Crippen LogP contribution < -0.4 is 10.8 Å². The molecular weight excluding hydrogens is 254 g/mol. The summed E-state index contributed by atoms with van der Waals surface area (Å²) in [4.78, 5) is 25.9. The Labute approximate surface area is 109 Å². The van der Waals surface area contributed by atoms with Crippen LogP contribution in [0.3, 0.4) is 0 Å². The lowest BCUT2D eigenvalue weighted by Crippen LogP contribution is -2.25. The van der Waals surface area contributed by atoms with Crippen LogP contribution in [0.15, 0.2) is 23.2 Å². The van der Waals surface area contributed by atoms with Crippen LogP contribution >= 0.6 is 0 Å². The van der Waals surface area contributed by atoms with Gasteiger partial charge in [0.15, 0.2) is 11.3 Å². The van der Waals surface area contributed by atoms with Gasteiger partial charge >= 0.3 is 12.2 Å². The third-order valence-corrected chi connectivity index (χ3v) is 1.92. The van der Waals surface area contributed by atoms with Crippen LogP contribution in [0.5, 0.6) is 0 Å². The summed E-state index contributed by atoms with van der Waals surface area (Å²) < 4.78 is 9.83. The second-order valence-corrected chi connectivity index (χ2v) is 3.24. The van der Waals surface area contributed by atoms with Gasteiger partial charge in [-0.05, 0) is 26.0 Å². The van der Waals surface area contributed by atoms with E-state index in [9.17, 15) is 14.8 Å². The first kappa shape index (κ1) is 14.6. The number of nitrogens with one attached hydrogen (secondary N) is 1. The monoisotopic (exact) mass is 269 g/mol. The molecule has 1 heterocycles. The Morgan fingerprint density at radius 2 is 2.00 bits per heavy atom. The van der Waals surface area contributed by atoms with Gasteiger partial charge in [-0.3, -0.25) is 5.32 Å². The Morgan fingerprint density at radius 3 is 2.63 bits per heavy atom. The quantitative estimate of drug-likeness (QED) is 0.806. The van der Waals surface area contributed by atoms with Crippen molar-refractivity contribution < 1.29 is 24.3 Å². The zero-order valence-corrected chi connectivity index (χ0v) is 10.6. The standard InChI is InChI=1S/C11H15N3O5/c1-3-18-10(15)12-8-6-5-7-9(14(8)17)13-11(16)19-4-2/h5-7,17H,3-4H2,1-2H3,(H,12,15)/b13-9-. The molecule has 8 heteroatoms. The second-order valence-electron chi connectivity index (χ2n) is 3.24. The number of rotatable bonds is 3. The number of aromatic nitrogens is 1. The summed E-state index contributed by atoms with van der Waals surface area (Å²) >= 11 is 0. The minimum Gasteiger partial charge on any atom is -0.450 e. The maximum Gasteiger partial charge on any atom is 0.435 e. The maximum absolute atomic E-state index is 11.2. The van der Waals surface area contributed by atoms with Crippen molar-refractivity contribution in [1.82, 2.24) is 4.73 Å². The van der Waals surface area contributed by atoms with Crippen LogP contribution in [0.1, 0.15) is 13.8 Å². The largest absolute Gasteiger partial charge is 0.450 e. The maximum atomic E-state index is 11.2. The zero-order chi connectivity index (χ0) is 14.3. The van der Waals surface area contributed by atoms with Crippen LogP contribution in [0.25, 0.3) is 0 Å². The molecule has 0 aliphatic heterocycles. The summed E-state index contributed by atoms with van der Waals surface area (Å²) in [6, 6.07) is 4.31. The fourth-order valence-electron chi connectivity index (χ4n) is 1.19. The number of pyridine rings is 1. The van der Waals surface area contributed by atoms with Gasteiger partial charge in [-0.1, -0.05) is 6.07 Å². The molecule has 8 nitrogen and oxygen atoms in total. The van der Waals surface area contributed by atoms with Crippen LogP contribution in [0, 0.1) is 0 Å². The number of carbonyl (C=O) groups is 2. The molecule has 0 aliphatic carbocycles. The highest BCUT2D eigenvalue weighted by molar-refractivity contribution is 5.83. The smallest absolute Gasteiger partial charge is 0.435 e. The third-order valence-electron chi connectivity index (χ3n) is 1.92. The average molecular weight is 269 g/mol. The molecule has 19 heavy (non-hydrogen) atoms. The third kappa shape index (κ3) is 4.34. The predicted octanol–water partition coefficient (Wildman–Crippen LogP) is 1.35. The number of hydrogen-bond acceptors (Lipinski definition) is 5. The highest BCUT2D eigenvalue weighted by Gasteiger charge is 2.07. The fraction of sp³-hybridized carbons (Fsp3) is 0.364. The number of ether oxygens (including phenoxy) is 2. The molecule has 0 bridgehead atoms. The number of carbonyl (C=O) groups excluding carboxylic acids is 2. The number of anilines is 1. The number of amides is 2. The SMILES string of the molecule is CCOC(=O)/N=c1/cccc(NC(=O)OCC)n1O. The molecule has 0 aromatic carbocycles. The molecule has 0 spiro atoms. The van der Waals surface area contributed by atoms with E-state index < -0.39 is 12.2 Å². The molecule has 0 fully saturated rings. The van der Waals surface area contributed by atoms with Crippen LogP contribution in [0.2, 0.25) is 0 Å². The summed E-state index contributed by atoms with van der Waals surface area (Å²) in [5.41, 5.74) is -0.0762. The van der Waals surface area contributed by atoms with Crippen molar-refractivity contribution in [2.24, 2.45) is 4.99 Å². The van der Waals surface area contributed by atoms with E-state index >= 15 is 0 Å². The van der Waals surface area contributed by atoms with Gasteiger partial charge in [-0.15, -0.1) is 0 Å². The summed E-state index contributed by atoms with van der Waals surface area (Å²) in [6.07, 6.45) is -1.56. The van der Waals surface area contributed by atoms with Gasteiger partial charge in [-0.2, -0.15) is 9.72 Å². The van der Waals surface area contributed by atoms with Gasteiger partial charge in [0.05, 0.1) is 13.2 Å². The molecule has 1 rings (SSSR count). The molecule has 0 aliphatic rings. The number of hydrogen-bond donors (Lipinski definition) is 2. The molecule has 0 atom stereocenters.